The van der Waals surface area contributed by atoms with Crippen molar-refractivity contribution in [3.8, 4) is 0 Å². The van der Waals surface area contributed by atoms with E-state index in [-0.39, 0.29) is 0 Å². The highest BCUT2D eigenvalue weighted by Crippen LogP contribution is 2.25. The Morgan fingerprint density at radius 3 is 2.60 bits per heavy atom. The number of hydrogen-bond acceptors (Lipinski definition) is 1. The minimum Gasteiger partial charge on any atom is -0.398 e. The Balaban J connectivity index is 3.16. The normalized spacial score (nSPS) is 13.3. The van der Waals surface area contributed by atoms with E-state index in [2.05, 4.69) is 52.0 Å². The first-order chi connectivity index (χ1) is 7.10. The summed E-state index contributed by atoms with van der Waals surface area (Å²) in [7, 11) is 0. The number of aryl methyl sites for hydroxylation is 2. The van der Waals surface area contributed by atoms with E-state index in [4.69, 9.17) is 5.73 Å². The predicted molar refractivity (Wildman–Crippen MR) is 68.2 cm³/mol. The molecule has 0 spiro atoms. The molecule has 0 amide bonds. The monoisotopic (exact) mass is 203 g/mol. The van der Waals surface area contributed by atoms with E-state index in [1.807, 2.05) is 0 Å². The van der Waals surface area contributed by atoms with Crippen LogP contribution in [0.2, 0.25) is 0 Å². The number of hydrogen-bond donors (Lipinski definition) is 1. The maximum atomic E-state index is 6.02. The number of anilines is 1. The van der Waals surface area contributed by atoms with Crippen molar-refractivity contribution in [1.29, 1.82) is 0 Å². The lowest BCUT2D eigenvalue weighted by Crippen LogP contribution is -2.00. The van der Waals surface area contributed by atoms with Gasteiger partial charge >= 0.3 is 0 Å². The molecule has 0 aliphatic rings. The largest absolute Gasteiger partial charge is 0.398 e. The fourth-order valence-electron chi connectivity index (χ4n) is 1.86. The summed E-state index contributed by atoms with van der Waals surface area (Å²) in [4.78, 5) is 0. The number of nitrogens with two attached hydrogens (primary N) is 1. The Labute approximate surface area is 93.0 Å². The summed E-state index contributed by atoms with van der Waals surface area (Å²) in [6.07, 6.45) is 5.31. The average Bonchev–Trinajstić information content (AvgIpc) is 2.22. The molecular weight excluding hydrogens is 182 g/mol. The van der Waals surface area contributed by atoms with Crippen LogP contribution in [-0.2, 0) is 6.42 Å². The van der Waals surface area contributed by atoms with E-state index in [0.717, 1.165) is 12.1 Å². The Morgan fingerprint density at radius 2 is 2.07 bits per heavy atom. The second kappa shape index (κ2) is 5.01. The van der Waals surface area contributed by atoms with Gasteiger partial charge in [0.25, 0.3) is 0 Å². The minimum atomic E-state index is 0.472. The van der Waals surface area contributed by atoms with Gasteiger partial charge in [0.1, 0.15) is 0 Å². The van der Waals surface area contributed by atoms with Crippen LogP contribution in [0.4, 0.5) is 5.69 Å². The highest BCUT2D eigenvalue weighted by molar-refractivity contribution is 5.55. The molecule has 1 unspecified atom stereocenters. The average molecular weight is 203 g/mol. The van der Waals surface area contributed by atoms with E-state index in [0.29, 0.717) is 5.92 Å². The van der Waals surface area contributed by atoms with Crippen LogP contribution in [0.5, 0.6) is 0 Å². The third-order valence-electron chi connectivity index (χ3n) is 2.88. The van der Waals surface area contributed by atoms with E-state index >= 15 is 0 Å². The standard InChI is InChI=1S/C14H21N/c1-5-7-10(3)13-8-11(4)14(15)12(6-2)9-13/h5,7-10H,6,15H2,1-4H3. The van der Waals surface area contributed by atoms with E-state index in [9.17, 15) is 0 Å². The fourth-order valence-corrected chi connectivity index (χ4v) is 1.86. The van der Waals surface area contributed by atoms with Gasteiger partial charge in [-0.2, -0.15) is 0 Å². The number of nitrogen functional groups attached to an aromatic ring is 1. The second-order valence-corrected chi connectivity index (χ2v) is 4.08. The number of benzene rings is 1. The molecule has 0 saturated carbocycles. The zero-order valence-electron chi connectivity index (χ0n) is 10.2. The van der Waals surface area contributed by atoms with Gasteiger partial charge in [-0.3, -0.25) is 0 Å². The highest BCUT2D eigenvalue weighted by Gasteiger charge is 2.07. The van der Waals surface area contributed by atoms with Crippen LogP contribution in [0.1, 0.15) is 43.4 Å². The summed E-state index contributed by atoms with van der Waals surface area (Å²) in [6.45, 7) is 8.50. The molecule has 0 radical (unpaired) electrons. The summed E-state index contributed by atoms with van der Waals surface area (Å²) < 4.78 is 0. The van der Waals surface area contributed by atoms with Crippen LogP contribution in [0.25, 0.3) is 0 Å². The van der Waals surface area contributed by atoms with Crippen LogP contribution in [0.3, 0.4) is 0 Å². The Kier molecular flexibility index (Phi) is 3.96. The van der Waals surface area contributed by atoms with Crippen molar-refractivity contribution in [2.75, 3.05) is 5.73 Å². The topological polar surface area (TPSA) is 26.0 Å². The molecule has 1 aromatic carbocycles. The van der Waals surface area contributed by atoms with Crippen LogP contribution < -0.4 is 5.73 Å². The Bertz CT molecular complexity index is 364. The molecule has 1 rings (SSSR count). The molecule has 1 aromatic rings. The van der Waals surface area contributed by atoms with Gasteiger partial charge in [0, 0.05) is 5.69 Å². The van der Waals surface area contributed by atoms with Crippen LogP contribution in [-0.4, -0.2) is 0 Å². The van der Waals surface area contributed by atoms with Gasteiger partial charge in [0.15, 0.2) is 0 Å². The smallest absolute Gasteiger partial charge is 0.0376 e. The molecule has 0 aliphatic carbocycles. The quantitative estimate of drug-likeness (QED) is 0.586. The SMILES string of the molecule is CC=CC(C)c1cc(C)c(N)c(CC)c1. The lowest BCUT2D eigenvalue weighted by Gasteiger charge is -2.13. The Morgan fingerprint density at radius 1 is 1.40 bits per heavy atom. The maximum Gasteiger partial charge on any atom is 0.0376 e. The molecule has 0 heterocycles. The summed E-state index contributed by atoms with van der Waals surface area (Å²) in [5, 5.41) is 0. The van der Waals surface area contributed by atoms with E-state index in [1.165, 1.54) is 16.7 Å². The lowest BCUT2D eigenvalue weighted by molar-refractivity contribution is 0.953. The van der Waals surface area contributed by atoms with E-state index < -0.39 is 0 Å². The van der Waals surface area contributed by atoms with Crippen molar-refractivity contribution >= 4 is 5.69 Å². The van der Waals surface area contributed by atoms with Gasteiger partial charge in [0.05, 0.1) is 0 Å². The molecule has 1 nitrogen and oxygen atoms in total. The maximum absolute atomic E-state index is 6.02. The van der Waals surface area contributed by atoms with Gasteiger partial charge in [0.2, 0.25) is 0 Å². The van der Waals surface area contributed by atoms with E-state index in [1.54, 1.807) is 0 Å². The minimum absolute atomic E-state index is 0.472. The van der Waals surface area contributed by atoms with Crippen molar-refractivity contribution in [2.24, 2.45) is 0 Å². The molecule has 15 heavy (non-hydrogen) atoms. The molecule has 0 aliphatic heterocycles. The summed E-state index contributed by atoms with van der Waals surface area (Å²) in [5.41, 5.74) is 10.8. The van der Waals surface area contributed by atoms with Crippen LogP contribution in [0.15, 0.2) is 24.3 Å². The van der Waals surface area contributed by atoms with Crippen molar-refractivity contribution in [3.05, 3.63) is 41.0 Å². The second-order valence-electron chi connectivity index (χ2n) is 4.08. The van der Waals surface area contributed by atoms with Gasteiger partial charge in [-0.1, -0.05) is 38.1 Å². The first kappa shape index (κ1) is 11.8. The van der Waals surface area contributed by atoms with Gasteiger partial charge in [-0.25, -0.2) is 0 Å². The molecule has 1 atom stereocenters. The van der Waals surface area contributed by atoms with Gasteiger partial charge in [-0.15, -0.1) is 0 Å². The fraction of sp³-hybridized carbons (Fsp3) is 0.429. The first-order valence-electron chi connectivity index (χ1n) is 5.61. The molecule has 0 aromatic heterocycles. The summed E-state index contributed by atoms with van der Waals surface area (Å²) in [6, 6.07) is 4.42. The molecule has 0 saturated heterocycles. The van der Waals surface area contributed by atoms with Crippen molar-refractivity contribution in [2.45, 2.75) is 40.0 Å². The van der Waals surface area contributed by atoms with Gasteiger partial charge < -0.3 is 5.73 Å². The number of rotatable bonds is 3. The summed E-state index contributed by atoms with van der Waals surface area (Å²) in [5.74, 6) is 0.472. The van der Waals surface area contributed by atoms with Gasteiger partial charge in [-0.05, 0) is 42.9 Å². The van der Waals surface area contributed by atoms with Crippen LogP contribution >= 0.6 is 0 Å². The third-order valence-corrected chi connectivity index (χ3v) is 2.88. The third kappa shape index (κ3) is 2.62. The number of allylic oxidation sites excluding steroid dienone is 2. The van der Waals surface area contributed by atoms with Crippen molar-refractivity contribution in [1.82, 2.24) is 0 Å². The molecule has 82 valence electrons. The molecule has 1 heteroatoms. The zero-order chi connectivity index (χ0) is 11.4. The molecular formula is C14H21N. The van der Waals surface area contributed by atoms with Crippen molar-refractivity contribution in [3.63, 3.8) is 0 Å². The lowest BCUT2D eigenvalue weighted by atomic mass is 9.94. The predicted octanol–water partition coefficient (Wildman–Crippen LogP) is 3.82. The van der Waals surface area contributed by atoms with Crippen molar-refractivity contribution < 1.29 is 0 Å². The molecule has 0 bridgehead atoms. The Hall–Kier alpha value is -1.24. The highest BCUT2D eigenvalue weighted by atomic mass is 14.6. The molecule has 0 fully saturated rings. The summed E-state index contributed by atoms with van der Waals surface area (Å²) >= 11 is 0. The van der Waals surface area contributed by atoms with Crippen LogP contribution in [0, 0.1) is 6.92 Å². The first-order valence-corrected chi connectivity index (χ1v) is 5.61. The zero-order valence-corrected chi connectivity index (χ0v) is 10.2. The molecule has 2 N–H and O–H groups in total.